The second-order valence-corrected chi connectivity index (χ2v) is 6.32. The third-order valence-corrected chi connectivity index (χ3v) is 3.72. The normalized spacial score (nSPS) is 10.8. The summed E-state index contributed by atoms with van der Waals surface area (Å²) in [6, 6.07) is 7.78. The van der Waals surface area contributed by atoms with Gasteiger partial charge in [0, 0.05) is 29.0 Å². The molecule has 0 radical (unpaired) electrons. The Morgan fingerprint density at radius 1 is 1.14 bits per heavy atom. The molecule has 1 aromatic heterocycles. The predicted molar refractivity (Wildman–Crippen MR) is 94.2 cm³/mol. The zero-order valence-corrected chi connectivity index (χ0v) is 14.3. The molecule has 2 N–H and O–H groups in total. The van der Waals surface area contributed by atoms with Gasteiger partial charge in [-0.1, -0.05) is 31.5 Å². The van der Waals surface area contributed by atoms with Crippen LogP contribution in [-0.2, 0) is 0 Å². The van der Waals surface area contributed by atoms with Crippen molar-refractivity contribution in [3.05, 3.63) is 40.5 Å². The van der Waals surface area contributed by atoms with Crippen LogP contribution in [0.3, 0.4) is 0 Å². The fourth-order valence-electron chi connectivity index (χ4n) is 2.00. The second-order valence-electron chi connectivity index (χ2n) is 5.92. The molecule has 1 heterocycles. The van der Waals surface area contributed by atoms with Crippen LogP contribution in [0.1, 0.15) is 31.5 Å². The molecule has 0 unspecified atom stereocenters. The summed E-state index contributed by atoms with van der Waals surface area (Å²) in [5.74, 6) is 2.09. The summed E-state index contributed by atoms with van der Waals surface area (Å²) < 4.78 is 0. The molecule has 0 saturated carbocycles. The van der Waals surface area contributed by atoms with Gasteiger partial charge in [0.2, 0.25) is 5.95 Å². The first-order chi connectivity index (χ1) is 10.4. The van der Waals surface area contributed by atoms with Gasteiger partial charge in [0.15, 0.2) is 0 Å². The lowest BCUT2D eigenvalue weighted by molar-refractivity contribution is 0.606. The van der Waals surface area contributed by atoms with Gasteiger partial charge in [-0.2, -0.15) is 4.98 Å². The molecule has 0 atom stereocenters. The topological polar surface area (TPSA) is 49.8 Å². The molecule has 0 fully saturated rings. The molecular formula is C17H23ClN4. The summed E-state index contributed by atoms with van der Waals surface area (Å²) in [4.78, 5) is 8.92. The number of nitrogens with zero attached hydrogens (tertiary/aromatic N) is 2. The van der Waals surface area contributed by atoms with Crippen LogP contribution in [0.5, 0.6) is 0 Å². The number of nitrogens with one attached hydrogen (secondary N) is 2. The molecule has 118 valence electrons. The first-order valence-corrected chi connectivity index (χ1v) is 7.94. The number of anilines is 3. The Morgan fingerprint density at radius 2 is 1.91 bits per heavy atom. The smallest absolute Gasteiger partial charge is 0.229 e. The van der Waals surface area contributed by atoms with Crippen LogP contribution in [0, 0.1) is 19.8 Å². The predicted octanol–water partition coefficient (Wildman–Crippen LogP) is 4.95. The molecule has 2 aromatic rings. The van der Waals surface area contributed by atoms with Crippen molar-refractivity contribution in [2.75, 3.05) is 17.2 Å². The van der Waals surface area contributed by atoms with Gasteiger partial charge in [-0.3, -0.25) is 0 Å². The van der Waals surface area contributed by atoms with Gasteiger partial charge in [0.25, 0.3) is 0 Å². The quantitative estimate of drug-likeness (QED) is 0.791. The van der Waals surface area contributed by atoms with Crippen LogP contribution < -0.4 is 10.6 Å². The molecule has 0 bridgehead atoms. The Balaban J connectivity index is 2.10. The highest BCUT2D eigenvalue weighted by atomic mass is 35.5. The van der Waals surface area contributed by atoms with E-state index >= 15 is 0 Å². The van der Waals surface area contributed by atoms with E-state index in [-0.39, 0.29) is 0 Å². The molecule has 4 nitrogen and oxygen atoms in total. The van der Waals surface area contributed by atoms with E-state index in [1.54, 1.807) is 0 Å². The highest BCUT2D eigenvalue weighted by molar-refractivity contribution is 6.31. The monoisotopic (exact) mass is 318 g/mol. The summed E-state index contributed by atoms with van der Waals surface area (Å²) >= 11 is 6.15. The molecular weight excluding hydrogens is 296 g/mol. The Labute approximate surface area is 137 Å². The molecule has 5 heteroatoms. The highest BCUT2D eigenvalue weighted by Gasteiger charge is 2.04. The molecule has 0 saturated heterocycles. The number of hydrogen-bond donors (Lipinski definition) is 2. The van der Waals surface area contributed by atoms with Crippen molar-refractivity contribution in [3.8, 4) is 0 Å². The Morgan fingerprint density at radius 3 is 2.59 bits per heavy atom. The minimum atomic E-state index is 0.576. The maximum atomic E-state index is 6.15. The molecule has 2 rings (SSSR count). The maximum Gasteiger partial charge on any atom is 0.229 e. The van der Waals surface area contributed by atoms with Gasteiger partial charge in [0.1, 0.15) is 5.82 Å². The van der Waals surface area contributed by atoms with Crippen LogP contribution in [0.4, 0.5) is 17.5 Å². The number of aryl methyl sites for hydroxylation is 2. The van der Waals surface area contributed by atoms with E-state index in [1.165, 1.54) is 0 Å². The van der Waals surface area contributed by atoms with Crippen molar-refractivity contribution in [1.82, 2.24) is 9.97 Å². The van der Waals surface area contributed by atoms with Crippen molar-refractivity contribution in [1.29, 1.82) is 0 Å². The zero-order valence-electron chi connectivity index (χ0n) is 13.6. The summed E-state index contributed by atoms with van der Waals surface area (Å²) in [6.07, 6.45) is 1.11. The number of halogens is 1. The van der Waals surface area contributed by atoms with E-state index in [0.717, 1.165) is 40.8 Å². The number of benzene rings is 1. The lowest BCUT2D eigenvalue weighted by atomic mass is 10.1. The van der Waals surface area contributed by atoms with E-state index in [0.29, 0.717) is 11.9 Å². The maximum absolute atomic E-state index is 6.15. The summed E-state index contributed by atoms with van der Waals surface area (Å²) in [5, 5.41) is 7.28. The van der Waals surface area contributed by atoms with Crippen LogP contribution in [0.2, 0.25) is 5.02 Å². The molecule has 0 amide bonds. The van der Waals surface area contributed by atoms with Crippen LogP contribution in [-0.4, -0.2) is 16.5 Å². The molecule has 22 heavy (non-hydrogen) atoms. The molecule has 0 aliphatic rings. The van der Waals surface area contributed by atoms with Crippen molar-refractivity contribution >= 4 is 29.1 Å². The minimum Gasteiger partial charge on any atom is -0.370 e. The average Bonchev–Trinajstić information content (AvgIpc) is 2.42. The first-order valence-electron chi connectivity index (χ1n) is 7.57. The van der Waals surface area contributed by atoms with Crippen molar-refractivity contribution in [3.63, 3.8) is 0 Å². The van der Waals surface area contributed by atoms with E-state index < -0.39 is 0 Å². The van der Waals surface area contributed by atoms with E-state index in [9.17, 15) is 0 Å². The summed E-state index contributed by atoms with van der Waals surface area (Å²) in [5.41, 5.74) is 2.85. The van der Waals surface area contributed by atoms with E-state index in [2.05, 4.69) is 34.4 Å². The molecule has 0 spiro atoms. The highest BCUT2D eigenvalue weighted by Crippen LogP contribution is 2.22. The van der Waals surface area contributed by atoms with E-state index in [1.807, 2.05) is 38.1 Å². The summed E-state index contributed by atoms with van der Waals surface area (Å²) in [7, 11) is 0. The minimum absolute atomic E-state index is 0.576. The van der Waals surface area contributed by atoms with Gasteiger partial charge in [-0.05, 0) is 43.9 Å². The van der Waals surface area contributed by atoms with Gasteiger partial charge in [0.05, 0.1) is 0 Å². The van der Waals surface area contributed by atoms with Gasteiger partial charge >= 0.3 is 0 Å². The fourth-order valence-corrected chi connectivity index (χ4v) is 2.18. The van der Waals surface area contributed by atoms with E-state index in [4.69, 9.17) is 11.6 Å². The fraction of sp³-hybridized carbons (Fsp3) is 0.412. The number of aromatic nitrogens is 2. The third-order valence-electron chi connectivity index (χ3n) is 3.31. The Kier molecular flexibility index (Phi) is 5.61. The average molecular weight is 319 g/mol. The van der Waals surface area contributed by atoms with Crippen LogP contribution in [0.25, 0.3) is 0 Å². The number of hydrogen-bond acceptors (Lipinski definition) is 4. The first kappa shape index (κ1) is 16.6. The molecule has 0 aliphatic carbocycles. The Hall–Kier alpha value is -1.81. The van der Waals surface area contributed by atoms with Gasteiger partial charge in [-0.25, -0.2) is 4.98 Å². The second kappa shape index (κ2) is 7.45. The lowest BCUT2D eigenvalue weighted by Crippen LogP contribution is -2.08. The SMILES string of the molecule is Cc1cc(NCCC(C)C)nc(Nc2ccc(C)c(Cl)c2)n1. The van der Waals surface area contributed by atoms with Crippen LogP contribution >= 0.6 is 11.6 Å². The molecule has 1 aromatic carbocycles. The van der Waals surface area contributed by atoms with Gasteiger partial charge in [-0.15, -0.1) is 0 Å². The number of rotatable bonds is 6. The largest absolute Gasteiger partial charge is 0.370 e. The lowest BCUT2D eigenvalue weighted by Gasteiger charge is -2.11. The molecule has 0 aliphatic heterocycles. The van der Waals surface area contributed by atoms with Gasteiger partial charge < -0.3 is 10.6 Å². The Bertz CT molecular complexity index is 641. The third kappa shape index (κ3) is 4.88. The van der Waals surface area contributed by atoms with Crippen molar-refractivity contribution in [2.45, 2.75) is 34.1 Å². The van der Waals surface area contributed by atoms with Crippen molar-refractivity contribution in [2.24, 2.45) is 5.92 Å². The van der Waals surface area contributed by atoms with Crippen molar-refractivity contribution < 1.29 is 0 Å². The van der Waals surface area contributed by atoms with Crippen LogP contribution in [0.15, 0.2) is 24.3 Å². The summed E-state index contributed by atoms with van der Waals surface area (Å²) in [6.45, 7) is 9.26. The standard InChI is InChI=1S/C17H23ClN4/c1-11(2)7-8-19-16-9-13(4)20-17(22-16)21-14-6-5-12(3)15(18)10-14/h5-6,9-11H,7-8H2,1-4H3,(H2,19,20,21,22). The zero-order chi connectivity index (χ0) is 16.1.